The third-order valence-electron chi connectivity index (χ3n) is 11.4. The smallest absolute Gasteiger partial charge is 0.0789 e. The molecule has 0 aliphatic rings. The van der Waals surface area contributed by atoms with Crippen LogP contribution in [0.2, 0.25) is 0 Å². The predicted molar refractivity (Wildman–Crippen MR) is 248 cm³/mol. The molecule has 0 saturated carbocycles. The molecule has 0 aliphatic heterocycles. The highest BCUT2D eigenvalue weighted by Crippen LogP contribution is 2.45. The Labute approximate surface area is 343 Å². The van der Waals surface area contributed by atoms with Gasteiger partial charge in [0.15, 0.2) is 0 Å². The number of fused-ring (bicyclic) bond motifs is 6. The van der Waals surface area contributed by atoms with Gasteiger partial charge in [0, 0.05) is 49.4 Å². The second-order valence-electron chi connectivity index (χ2n) is 14.9. The molecule has 0 atom stereocenters. The summed E-state index contributed by atoms with van der Waals surface area (Å²) in [5, 5.41) is 6.95. The van der Waals surface area contributed by atoms with Crippen molar-refractivity contribution in [3.63, 3.8) is 0 Å². The number of hydrogen-bond acceptors (Lipinski definition) is 3. The van der Waals surface area contributed by atoms with Crippen LogP contribution in [0.1, 0.15) is 0 Å². The number of nitrogens with zero attached hydrogens (tertiary/aromatic N) is 3. The molecule has 0 fully saturated rings. The van der Waals surface area contributed by atoms with E-state index in [1.54, 1.807) is 0 Å². The monoisotopic (exact) mass is 751 g/mol. The molecule has 9 aromatic carbocycles. The minimum atomic E-state index is 0.934. The highest BCUT2D eigenvalue weighted by atomic mass is 15.1. The van der Waals surface area contributed by atoms with Crippen molar-refractivity contribution in [2.24, 2.45) is 0 Å². The molecule has 0 N–H and O–H groups in total. The molecule has 0 spiro atoms. The van der Waals surface area contributed by atoms with E-state index in [1.807, 2.05) is 0 Å². The van der Waals surface area contributed by atoms with E-state index >= 15 is 0 Å². The van der Waals surface area contributed by atoms with Crippen LogP contribution in [0.3, 0.4) is 0 Å². The Bertz CT molecular complexity index is 3250. The van der Waals surface area contributed by atoms with Gasteiger partial charge >= 0.3 is 0 Å². The Morgan fingerprint density at radius 1 is 0.305 bits per heavy atom. The molecule has 3 nitrogen and oxygen atoms in total. The van der Waals surface area contributed by atoms with Gasteiger partial charge in [-0.25, -0.2) is 9.97 Å². The van der Waals surface area contributed by atoms with Gasteiger partial charge in [0.05, 0.1) is 28.1 Å². The number of benzene rings is 9. The van der Waals surface area contributed by atoms with Gasteiger partial charge in [0.25, 0.3) is 0 Å². The molecule has 2 heterocycles. The predicted octanol–water partition coefficient (Wildman–Crippen LogP) is 15.2. The average molecular weight is 752 g/mol. The van der Waals surface area contributed by atoms with Crippen LogP contribution in [0.15, 0.2) is 224 Å². The lowest BCUT2D eigenvalue weighted by molar-refractivity contribution is 1.30. The Kier molecular flexibility index (Phi) is 8.49. The second kappa shape index (κ2) is 14.6. The number of aromatic nitrogens is 2. The SMILES string of the molecule is c1ccc(-c2ccc(-c3cc(-c4ccc(-c5nc6ccccc6c6c5cc(N(c5ccccc5)c5ccccc5)c5ccccc56)cc4)nc4ccccc34)cc2)cc1. The number of hydrogen-bond donors (Lipinski definition) is 0. The zero-order valence-corrected chi connectivity index (χ0v) is 32.2. The van der Waals surface area contributed by atoms with Crippen molar-refractivity contribution < 1.29 is 0 Å². The van der Waals surface area contributed by atoms with E-state index < -0.39 is 0 Å². The number of para-hydroxylation sites is 4. The molecule has 0 saturated heterocycles. The van der Waals surface area contributed by atoms with Crippen molar-refractivity contribution in [1.29, 1.82) is 0 Å². The molecule has 0 radical (unpaired) electrons. The van der Waals surface area contributed by atoms with Crippen molar-refractivity contribution in [3.05, 3.63) is 224 Å². The molecule has 276 valence electrons. The molecule has 11 aromatic rings. The van der Waals surface area contributed by atoms with E-state index in [9.17, 15) is 0 Å². The molecule has 0 aliphatic carbocycles. The van der Waals surface area contributed by atoms with Crippen molar-refractivity contribution in [2.75, 3.05) is 4.90 Å². The summed E-state index contributed by atoms with van der Waals surface area (Å²) in [4.78, 5) is 13.0. The van der Waals surface area contributed by atoms with E-state index in [-0.39, 0.29) is 0 Å². The normalized spacial score (nSPS) is 11.4. The third-order valence-corrected chi connectivity index (χ3v) is 11.4. The van der Waals surface area contributed by atoms with Gasteiger partial charge in [-0.2, -0.15) is 0 Å². The van der Waals surface area contributed by atoms with Crippen LogP contribution in [0, 0.1) is 0 Å². The van der Waals surface area contributed by atoms with Gasteiger partial charge in [-0.3, -0.25) is 0 Å². The highest BCUT2D eigenvalue weighted by molar-refractivity contribution is 6.25. The Balaban J connectivity index is 1.07. The van der Waals surface area contributed by atoms with Gasteiger partial charge in [0.2, 0.25) is 0 Å². The van der Waals surface area contributed by atoms with Crippen LogP contribution >= 0.6 is 0 Å². The quantitative estimate of drug-likeness (QED) is 0.152. The molecule has 11 rings (SSSR count). The van der Waals surface area contributed by atoms with Crippen LogP contribution in [0.4, 0.5) is 17.1 Å². The molecular weight excluding hydrogens is 715 g/mol. The van der Waals surface area contributed by atoms with E-state index in [1.165, 1.54) is 27.3 Å². The van der Waals surface area contributed by atoms with E-state index in [2.05, 4.69) is 229 Å². The summed E-state index contributed by atoms with van der Waals surface area (Å²) in [6.45, 7) is 0. The van der Waals surface area contributed by atoms with Gasteiger partial charge in [-0.05, 0) is 76.2 Å². The summed E-state index contributed by atoms with van der Waals surface area (Å²) in [6, 6.07) is 79.8. The average Bonchev–Trinajstić information content (AvgIpc) is 3.32. The van der Waals surface area contributed by atoms with Crippen LogP contribution in [-0.2, 0) is 0 Å². The van der Waals surface area contributed by atoms with Gasteiger partial charge in [-0.1, -0.05) is 176 Å². The van der Waals surface area contributed by atoms with Gasteiger partial charge < -0.3 is 4.90 Å². The Morgan fingerprint density at radius 3 is 1.44 bits per heavy atom. The number of rotatable bonds is 7. The van der Waals surface area contributed by atoms with Gasteiger partial charge in [-0.15, -0.1) is 0 Å². The van der Waals surface area contributed by atoms with Crippen LogP contribution in [0.5, 0.6) is 0 Å². The fraction of sp³-hybridized carbons (Fsp3) is 0. The first-order valence-corrected chi connectivity index (χ1v) is 20.1. The van der Waals surface area contributed by atoms with Crippen LogP contribution in [-0.4, -0.2) is 9.97 Å². The first-order valence-electron chi connectivity index (χ1n) is 20.1. The van der Waals surface area contributed by atoms with Crippen molar-refractivity contribution in [2.45, 2.75) is 0 Å². The minimum absolute atomic E-state index is 0.934. The first-order chi connectivity index (χ1) is 29.3. The maximum absolute atomic E-state index is 5.42. The Hall–Kier alpha value is -7.88. The second-order valence-corrected chi connectivity index (χ2v) is 14.9. The van der Waals surface area contributed by atoms with Crippen LogP contribution in [0.25, 0.3) is 88.1 Å². The maximum Gasteiger partial charge on any atom is 0.0789 e. The van der Waals surface area contributed by atoms with Crippen LogP contribution < -0.4 is 4.90 Å². The molecule has 3 heteroatoms. The fourth-order valence-corrected chi connectivity index (χ4v) is 8.62. The van der Waals surface area contributed by atoms with E-state index in [0.29, 0.717) is 0 Å². The largest absolute Gasteiger partial charge is 0.310 e. The summed E-state index contributed by atoms with van der Waals surface area (Å²) in [5.41, 5.74) is 14.0. The Morgan fingerprint density at radius 2 is 0.780 bits per heavy atom. The van der Waals surface area contributed by atoms with Crippen molar-refractivity contribution in [1.82, 2.24) is 9.97 Å². The molecule has 0 unspecified atom stereocenters. The summed E-state index contributed by atoms with van der Waals surface area (Å²) in [5.74, 6) is 0. The lowest BCUT2D eigenvalue weighted by atomic mass is 9.93. The summed E-state index contributed by atoms with van der Waals surface area (Å²) >= 11 is 0. The molecular formula is C56H37N3. The summed E-state index contributed by atoms with van der Waals surface area (Å²) < 4.78 is 0. The van der Waals surface area contributed by atoms with E-state index in [0.717, 1.165) is 77.9 Å². The summed E-state index contributed by atoms with van der Waals surface area (Å²) in [6.07, 6.45) is 0. The zero-order chi connectivity index (χ0) is 39.1. The summed E-state index contributed by atoms with van der Waals surface area (Å²) in [7, 11) is 0. The van der Waals surface area contributed by atoms with Crippen molar-refractivity contribution in [3.8, 4) is 44.8 Å². The topological polar surface area (TPSA) is 29.0 Å². The molecule has 59 heavy (non-hydrogen) atoms. The standard InChI is InChI=1S/C56H37N3/c1-4-16-38(17-5-1)39-28-30-40(31-29-39)49-36-53(57-51-26-14-12-22-45(49)51)41-32-34-42(35-33-41)56-50-37-54(59(43-18-6-2-7-19-43)44-20-8-3-9-21-44)46-23-10-11-24-47(46)55(50)48-25-13-15-27-52(48)58-56/h1-37H. The molecule has 0 amide bonds. The number of anilines is 3. The zero-order valence-electron chi connectivity index (χ0n) is 32.2. The molecule has 0 bridgehead atoms. The van der Waals surface area contributed by atoms with E-state index in [4.69, 9.17) is 9.97 Å². The minimum Gasteiger partial charge on any atom is -0.310 e. The lowest BCUT2D eigenvalue weighted by Crippen LogP contribution is -2.10. The number of pyridine rings is 2. The maximum atomic E-state index is 5.42. The lowest BCUT2D eigenvalue weighted by Gasteiger charge is -2.28. The highest BCUT2D eigenvalue weighted by Gasteiger charge is 2.21. The first kappa shape index (κ1) is 34.4. The van der Waals surface area contributed by atoms with Gasteiger partial charge in [0.1, 0.15) is 0 Å². The fourth-order valence-electron chi connectivity index (χ4n) is 8.62. The molecule has 2 aromatic heterocycles. The van der Waals surface area contributed by atoms with Crippen molar-refractivity contribution >= 4 is 60.4 Å². The third kappa shape index (κ3) is 6.17.